The molecule has 1 atom stereocenters. The van der Waals surface area contributed by atoms with Gasteiger partial charge in [0, 0.05) is 22.0 Å². The number of hydrogen-bond donors (Lipinski definition) is 1. The van der Waals surface area contributed by atoms with Gasteiger partial charge in [0.15, 0.2) is 0 Å². The number of methoxy groups -OCH3 is 1. The van der Waals surface area contributed by atoms with E-state index >= 15 is 4.39 Å². The largest absolute Gasteiger partial charge is 0.497 e. The molecule has 0 saturated carbocycles. The van der Waals surface area contributed by atoms with E-state index in [9.17, 15) is 23.1 Å². The van der Waals surface area contributed by atoms with Crippen molar-refractivity contribution in [3.8, 4) is 5.75 Å². The van der Waals surface area contributed by atoms with Gasteiger partial charge in [-0.1, -0.05) is 23.7 Å². The van der Waals surface area contributed by atoms with Crippen molar-refractivity contribution in [1.29, 1.82) is 0 Å². The number of likely N-dealkylation sites (tertiary alicyclic amines) is 1. The molecule has 0 spiro atoms. The molecule has 0 bridgehead atoms. The van der Waals surface area contributed by atoms with E-state index in [0.717, 1.165) is 6.07 Å². The van der Waals surface area contributed by atoms with Crippen LogP contribution in [-0.2, 0) is 11.0 Å². The van der Waals surface area contributed by atoms with Crippen LogP contribution in [0.15, 0.2) is 53.6 Å². The number of carbonyl (C=O) groups is 1. The third kappa shape index (κ3) is 7.01. The number of ether oxygens (including phenoxy) is 1. The van der Waals surface area contributed by atoms with Crippen LogP contribution < -0.4 is 4.74 Å². The van der Waals surface area contributed by atoms with Gasteiger partial charge in [0.2, 0.25) is 0 Å². The Morgan fingerprint density at radius 2 is 1.95 bits per heavy atom. The van der Waals surface area contributed by atoms with Crippen LogP contribution in [0.25, 0.3) is 10.9 Å². The fourth-order valence-corrected chi connectivity index (χ4v) is 6.51. The summed E-state index contributed by atoms with van der Waals surface area (Å²) in [7, 11) is 1.51. The van der Waals surface area contributed by atoms with Gasteiger partial charge in [-0.15, -0.1) is 11.8 Å². The quantitative estimate of drug-likeness (QED) is 0.137. The van der Waals surface area contributed by atoms with Crippen LogP contribution in [0.3, 0.4) is 0 Å². The SMILES string of the molecule is COc1ccc2ncc(Cl)c([C@H](F)CCC3(C(=O)O)CCN(CCCSc4ccccc4C(F)(F)F)CC3)c2c1. The first-order valence-corrected chi connectivity index (χ1v) is 14.4. The lowest BCUT2D eigenvalue weighted by atomic mass is 9.74. The Labute approximate surface area is 239 Å². The molecule has 40 heavy (non-hydrogen) atoms. The van der Waals surface area contributed by atoms with Gasteiger partial charge in [0.25, 0.3) is 0 Å². The van der Waals surface area contributed by atoms with Crippen molar-refractivity contribution in [1.82, 2.24) is 9.88 Å². The Balaban J connectivity index is 1.32. The van der Waals surface area contributed by atoms with E-state index in [1.807, 2.05) is 0 Å². The number of piperidine rings is 1. The molecule has 2 heterocycles. The molecule has 1 aliphatic rings. The Hall–Kier alpha value is -2.56. The average molecular weight is 599 g/mol. The van der Waals surface area contributed by atoms with Crippen LogP contribution in [0.1, 0.15) is 49.4 Å². The lowest BCUT2D eigenvalue weighted by molar-refractivity contribution is -0.153. The summed E-state index contributed by atoms with van der Waals surface area (Å²) in [6.45, 7) is 1.72. The van der Waals surface area contributed by atoms with E-state index < -0.39 is 29.3 Å². The lowest BCUT2D eigenvalue weighted by Gasteiger charge is -2.39. The number of benzene rings is 2. The molecule has 5 nitrogen and oxygen atoms in total. The maximum Gasteiger partial charge on any atom is 0.417 e. The zero-order chi connectivity index (χ0) is 28.9. The standard InChI is InChI=1S/C29H31ClF4N2O3S/c1-39-19-7-8-24-20(17-19)26(22(30)18-35-24)23(31)9-10-28(27(37)38)11-14-36(15-12-28)13-4-16-40-25-6-3-2-5-21(25)29(32,33)34/h2-3,5-8,17-18,23H,4,9-16H2,1H3,(H,37,38)/t23-/m1/s1. The average Bonchev–Trinajstić information content (AvgIpc) is 2.94. The minimum absolute atomic E-state index is 0.00238. The van der Waals surface area contributed by atoms with E-state index in [1.54, 1.807) is 24.3 Å². The Kier molecular flexibility index (Phi) is 9.85. The Morgan fingerprint density at radius 1 is 1.23 bits per heavy atom. The third-order valence-corrected chi connectivity index (χ3v) is 9.05. The minimum atomic E-state index is -4.39. The smallest absolute Gasteiger partial charge is 0.417 e. The normalized spacial score (nSPS) is 16.6. The molecule has 0 unspecified atom stereocenters. The monoisotopic (exact) mass is 598 g/mol. The molecular weight excluding hydrogens is 568 g/mol. The second kappa shape index (κ2) is 13.0. The van der Waals surface area contributed by atoms with Gasteiger partial charge in [0.05, 0.1) is 28.6 Å². The molecular formula is C29H31ClF4N2O3S. The summed E-state index contributed by atoms with van der Waals surface area (Å²) in [6, 6.07) is 10.7. The molecule has 1 aromatic heterocycles. The van der Waals surface area contributed by atoms with E-state index in [-0.39, 0.29) is 28.3 Å². The molecule has 11 heteroatoms. The summed E-state index contributed by atoms with van der Waals surface area (Å²) in [5, 5.41) is 10.8. The first-order valence-electron chi connectivity index (χ1n) is 13.0. The van der Waals surface area contributed by atoms with Crippen LogP contribution in [0.5, 0.6) is 5.75 Å². The van der Waals surface area contributed by atoms with Crippen molar-refractivity contribution in [3.05, 3.63) is 64.8 Å². The first-order chi connectivity index (χ1) is 19.0. The van der Waals surface area contributed by atoms with Gasteiger partial charge in [-0.3, -0.25) is 9.78 Å². The molecule has 1 aliphatic heterocycles. The molecule has 1 fully saturated rings. The summed E-state index contributed by atoms with van der Waals surface area (Å²) in [4.78, 5) is 18.9. The summed E-state index contributed by atoms with van der Waals surface area (Å²) in [5.74, 6) is 0.121. The number of hydrogen-bond acceptors (Lipinski definition) is 5. The number of halogens is 5. The van der Waals surface area contributed by atoms with E-state index in [0.29, 0.717) is 61.3 Å². The number of alkyl halides is 4. The predicted octanol–water partition coefficient (Wildman–Crippen LogP) is 8.06. The van der Waals surface area contributed by atoms with Crippen LogP contribution in [0, 0.1) is 5.41 Å². The Bertz CT molecular complexity index is 1330. The zero-order valence-electron chi connectivity index (χ0n) is 22.0. The number of nitrogens with zero attached hydrogens (tertiary/aromatic N) is 2. The number of fused-ring (bicyclic) bond motifs is 1. The number of aliphatic carboxylic acids is 1. The van der Waals surface area contributed by atoms with E-state index in [4.69, 9.17) is 16.3 Å². The molecule has 0 radical (unpaired) electrons. The minimum Gasteiger partial charge on any atom is -0.497 e. The number of aromatic nitrogens is 1. The zero-order valence-corrected chi connectivity index (χ0v) is 23.6. The van der Waals surface area contributed by atoms with Gasteiger partial charge in [-0.05, 0) is 87.8 Å². The van der Waals surface area contributed by atoms with Crippen LogP contribution in [0.2, 0.25) is 5.02 Å². The van der Waals surface area contributed by atoms with Crippen molar-refractivity contribution >= 4 is 40.2 Å². The third-order valence-electron chi connectivity index (χ3n) is 7.59. The first kappa shape index (κ1) is 30.4. The summed E-state index contributed by atoms with van der Waals surface area (Å²) < 4.78 is 60.5. The molecule has 1 saturated heterocycles. The van der Waals surface area contributed by atoms with Crippen molar-refractivity contribution in [2.45, 2.75) is 49.3 Å². The van der Waals surface area contributed by atoms with Gasteiger partial charge < -0.3 is 14.7 Å². The topological polar surface area (TPSA) is 62.7 Å². The van der Waals surface area contributed by atoms with Gasteiger partial charge in [-0.25, -0.2) is 4.39 Å². The van der Waals surface area contributed by atoms with Crippen LogP contribution in [0.4, 0.5) is 17.6 Å². The molecule has 216 valence electrons. The molecule has 3 aromatic rings. The van der Waals surface area contributed by atoms with Gasteiger partial charge in [-0.2, -0.15) is 13.2 Å². The highest BCUT2D eigenvalue weighted by Gasteiger charge is 2.42. The lowest BCUT2D eigenvalue weighted by Crippen LogP contribution is -2.44. The maximum atomic E-state index is 15.6. The highest BCUT2D eigenvalue weighted by atomic mass is 35.5. The second-order valence-electron chi connectivity index (χ2n) is 10.0. The molecule has 0 aliphatic carbocycles. The number of rotatable bonds is 11. The fourth-order valence-electron chi connectivity index (χ4n) is 5.23. The maximum absolute atomic E-state index is 15.6. The van der Waals surface area contributed by atoms with E-state index in [1.165, 1.54) is 37.2 Å². The predicted molar refractivity (Wildman–Crippen MR) is 149 cm³/mol. The van der Waals surface area contributed by atoms with Crippen molar-refractivity contribution in [2.24, 2.45) is 5.41 Å². The molecule has 0 amide bonds. The number of carboxylic acids is 1. The van der Waals surface area contributed by atoms with Gasteiger partial charge >= 0.3 is 12.1 Å². The highest BCUT2D eigenvalue weighted by Crippen LogP contribution is 2.42. The van der Waals surface area contributed by atoms with Crippen molar-refractivity contribution in [2.75, 3.05) is 32.5 Å². The second-order valence-corrected chi connectivity index (χ2v) is 11.6. The molecule has 2 aromatic carbocycles. The number of carboxylic acid groups (broad SMARTS) is 1. The summed E-state index contributed by atoms with van der Waals surface area (Å²) in [5.41, 5.74) is -0.818. The van der Waals surface area contributed by atoms with Crippen LogP contribution in [-0.4, -0.2) is 53.5 Å². The van der Waals surface area contributed by atoms with Gasteiger partial charge in [0.1, 0.15) is 11.9 Å². The molecule has 4 rings (SSSR count). The highest BCUT2D eigenvalue weighted by molar-refractivity contribution is 7.99. The summed E-state index contributed by atoms with van der Waals surface area (Å²) in [6.07, 6.45) is -2.89. The van der Waals surface area contributed by atoms with Crippen LogP contribution >= 0.6 is 23.4 Å². The van der Waals surface area contributed by atoms with Crippen molar-refractivity contribution < 1.29 is 32.2 Å². The Morgan fingerprint density at radius 3 is 2.62 bits per heavy atom. The number of thioether (sulfide) groups is 1. The summed E-state index contributed by atoms with van der Waals surface area (Å²) >= 11 is 7.51. The number of pyridine rings is 1. The fraction of sp³-hybridized carbons (Fsp3) is 0.448. The van der Waals surface area contributed by atoms with E-state index in [2.05, 4.69) is 9.88 Å². The molecule has 1 N–H and O–H groups in total. The van der Waals surface area contributed by atoms with Crippen molar-refractivity contribution in [3.63, 3.8) is 0 Å².